The molecule has 0 aliphatic heterocycles. The third kappa shape index (κ3) is 3.04. The zero-order valence-corrected chi connectivity index (χ0v) is 16.4. The van der Waals surface area contributed by atoms with Crippen molar-refractivity contribution in [1.29, 1.82) is 0 Å². The first-order chi connectivity index (χ1) is 12.2. The summed E-state index contributed by atoms with van der Waals surface area (Å²) in [4.78, 5) is 0. The van der Waals surface area contributed by atoms with Gasteiger partial charge in [0.05, 0.1) is 0 Å². The molecule has 1 nitrogen and oxygen atoms in total. The number of benzene rings is 4. The molecular formula is C23H20OSe. The first kappa shape index (κ1) is 16.2. The van der Waals surface area contributed by atoms with E-state index in [2.05, 4.69) is 80.6 Å². The first-order valence-corrected chi connectivity index (χ1v) is 10.1. The second-order valence-electron chi connectivity index (χ2n) is 6.37. The second-order valence-corrected chi connectivity index (χ2v) is 8.71. The predicted octanol–water partition coefficient (Wildman–Crippen LogP) is 4.27. The summed E-state index contributed by atoms with van der Waals surface area (Å²) in [5, 5.41) is 5.46. The van der Waals surface area contributed by atoms with E-state index in [4.69, 9.17) is 4.74 Å². The Morgan fingerprint density at radius 3 is 2.16 bits per heavy atom. The second kappa shape index (κ2) is 6.55. The van der Waals surface area contributed by atoms with Crippen LogP contribution < -0.4 is 13.7 Å². The Balaban J connectivity index is 1.92. The van der Waals surface area contributed by atoms with Crippen LogP contribution in [0.3, 0.4) is 0 Å². The van der Waals surface area contributed by atoms with Crippen LogP contribution in [-0.2, 0) is 0 Å². The molecule has 4 aromatic rings. The summed E-state index contributed by atoms with van der Waals surface area (Å²) in [6.45, 7) is 4.39. The zero-order chi connectivity index (χ0) is 17.4. The summed E-state index contributed by atoms with van der Waals surface area (Å²) < 4.78 is 8.08. The summed E-state index contributed by atoms with van der Waals surface area (Å²) in [6.07, 6.45) is 0. The van der Waals surface area contributed by atoms with Crippen molar-refractivity contribution in [3.05, 3.63) is 77.9 Å². The molecule has 25 heavy (non-hydrogen) atoms. The van der Waals surface area contributed by atoms with Gasteiger partial charge in [-0.3, -0.25) is 0 Å². The first-order valence-electron chi connectivity index (χ1n) is 8.40. The Bertz CT molecular complexity index is 1060. The molecule has 4 rings (SSSR count). The van der Waals surface area contributed by atoms with Crippen molar-refractivity contribution in [2.24, 2.45) is 0 Å². The van der Waals surface area contributed by atoms with Gasteiger partial charge in [-0.15, -0.1) is 0 Å². The number of fused-ring (bicyclic) bond motifs is 3. The Morgan fingerprint density at radius 1 is 0.720 bits per heavy atom. The molecule has 0 aromatic heterocycles. The normalized spacial score (nSPS) is 11.2. The van der Waals surface area contributed by atoms with Gasteiger partial charge in [-0.05, 0) is 0 Å². The SMILES string of the molecule is COc1ccc([Se]c2cc3c(C)cc(C)cc3c3ccccc23)cc1. The number of ether oxygens (including phenoxy) is 1. The van der Waals surface area contributed by atoms with Crippen LogP contribution in [0.2, 0.25) is 0 Å². The van der Waals surface area contributed by atoms with Crippen molar-refractivity contribution in [3.63, 3.8) is 0 Å². The van der Waals surface area contributed by atoms with Gasteiger partial charge in [0.25, 0.3) is 0 Å². The van der Waals surface area contributed by atoms with E-state index in [1.54, 1.807) is 7.11 Å². The Kier molecular flexibility index (Phi) is 4.25. The summed E-state index contributed by atoms with van der Waals surface area (Å²) >= 11 is 0.261. The van der Waals surface area contributed by atoms with Gasteiger partial charge >= 0.3 is 155 Å². The third-order valence-electron chi connectivity index (χ3n) is 4.58. The summed E-state index contributed by atoms with van der Waals surface area (Å²) in [7, 11) is 1.71. The van der Waals surface area contributed by atoms with Crippen LogP contribution in [0.4, 0.5) is 0 Å². The molecule has 2 heteroatoms. The van der Waals surface area contributed by atoms with Crippen LogP contribution in [0.25, 0.3) is 21.5 Å². The zero-order valence-electron chi connectivity index (χ0n) is 14.7. The fourth-order valence-electron chi connectivity index (χ4n) is 3.39. The molecular weight excluding hydrogens is 371 g/mol. The van der Waals surface area contributed by atoms with Crippen molar-refractivity contribution < 1.29 is 4.74 Å². The van der Waals surface area contributed by atoms with Gasteiger partial charge < -0.3 is 0 Å². The van der Waals surface area contributed by atoms with Crippen LogP contribution in [-0.4, -0.2) is 22.1 Å². The van der Waals surface area contributed by atoms with E-state index in [1.807, 2.05) is 0 Å². The molecule has 0 atom stereocenters. The quantitative estimate of drug-likeness (QED) is 0.374. The van der Waals surface area contributed by atoms with Gasteiger partial charge in [-0.2, -0.15) is 0 Å². The molecule has 0 spiro atoms. The molecule has 0 saturated carbocycles. The van der Waals surface area contributed by atoms with E-state index in [9.17, 15) is 0 Å². The predicted molar refractivity (Wildman–Crippen MR) is 109 cm³/mol. The molecule has 0 aliphatic rings. The molecule has 0 bridgehead atoms. The average Bonchev–Trinajstić information content (AvgIpc) is 2.63. The van der Waals surface area contributed by atoms with E-state index in [0.29, 0.717) is 0 Å². The average molecular weight is 391 g/mol. The summed E-state index contributed by atoms with van der Waals surface area (Å²) in [5.74, 6) is 0.911. The Labute approximate surface area is 154 Å². The van der Waals surface area contributed by atoms with E-state index in [-0.39, 0.29) is 15.0 Å². The number of hydrogen-bond donors (Lipinski definition) is 0. The Morgan fingerprint density at radius 2 is 1.44 bits per heavy atom. The minimum absolute atomic E-state index is 0.261. The van der Waals surface area contributed by atoms with Crippen LogP contribution in [0.15, 0.2) is 66.7 Å². The fraction of sp³-hybridized carbons (Fsp3) is 0.130. The maximum absolute atomic E-state index is 5.28. The van der Waals surface area contributed by atoms with Gasteiger partial charge in [-0.25, -0.2) is 0 Å². The van der Waals surface area contributed by atoms with Crippen LogP contribution in [0.1, 0.15) is 11.1 Å². The van der Waals surface area contributed by atoms with Gasteiger partial charge in [0.15, 0.2) is 0 Å². The van der Waals surface area contributed by atoms with Crippen molar-refractivity contribution in [2.75, 3.05) is 7.11 Å². The molecule has 0 radical (unpaired) electrons. The van der Waals surface area contributed by atoms with Crippen molar-refractivity contribution in [1.82, 2.24) is 0 Å². The van der Waals surface area contributed by atoms with Gasteiger partial charge in [-0.1, -0.05) is 0 Å². The number of hydrogen-bond acceptors (Lipinski definition) is 1. The standard InChI is InChI=1S/C23H20OSe/c1-15-12-16(2)21-14-23(25-18-10-8-17(24-3)9-11-18)20-7-5-4-6-19(20)22(21)13-15/h4-14H,1-3H3. The number of aryl methyl sites for hydroxylation is 2. The van der Waals surface area contributed by atoms with E-state index in [0.717, 1.165) is 5.75 Å². The molecule has 0 amide bonds. The number of rotatable bonds is 3. The summed E-state index contributed by atoms with van der Waals surface area (Å²) in [5.41, 5.74) is 2.68. The van der Waals surface area contributed by atoms with Crippen LogP contribution in [0, 0.1) is 13.8 Å². The molecule has 0 aliphatic carbocycles. The van der Waals surface area contributed by atoms with E-state index >= 15 is 0 Å². The topological polar surface area (TPSA) is 9.23 Å². The van der Waals surface area contributed by atoms with Crippen LogP contribution >= 0.6 is 0 Å². The Hall–Kier alpha value is -2.28. The van der Waals surface area contributed by atoms with Crippen molar-refractivity contribution in [2.45, 2.75) is 13.8 Å². The third-order valence-corrected chi connectivity index (χ3v) is 6.81. The van der Waals surface area contributed by atoms with Crippen molar-refractivity contribution in [3.8, 4) is 5.75 Å². The molecule has 0 N–H and O–H groups in total. The van der Waals surface area contributed by atoms with E-state index < -0.39 is 0 Å². The molecule has 0 saturated heterocycles. The number of methoxy groups -OCH3 is 1. The van der Waals surface area contributed by atoms with Gasteiger partial charge in [0.1, 0.15) is 0 Å². The van der Waals surface area contributed by atoms with Gasteiger partial charge in [0.2, 0.25) is 0 Å². The summed E-state index contributed by atoms with van der Waals surface area (Å²) in [6, 6.07) is 24.3. The fourth-order valence-corrected chi connectivity index (χ4v) is 5.47. The monoisotopic (exact) mass is 392 g/mol. The molecule has 0 heterocycles. The molecule has 4 aromatic carbocycles. The van der Waals surface area contributed by atoms with E-state index in [1.165, 1.54) is 41.6 Å². The molecule has 124 valence electrons. The molecule has 0 fully saturated rings. The maximum atomic E-state index is 5.28. The van der Waals surface area contributed by atoms with Crippen molar-refractivity contribution >= 4 is 45.4 Å². The van der Waals surface area contributed by atoms with Gasteiger partial charge in [0, 0.05) is 0 Å². The minimum atomic E-state index is 0.261. The molecule has 0 unspecified atom stereocenters. The van der Waals surface area contributed by atoms with Crippen LogP contribution in [0.5, 0.6) is 5.75 Å².